The van der Waals surface area contributed by atoms with Crippen molar-refractivity contribution in [2.45, 2.75) is 32.6 Å². The van der Waals surface area contributed by atoms with Crippen LogP contribution in [0.5, 0.6) is 0 Å². The van der Waals surface area contributed by atoms with Gasteiger partial charge in [0.2, 0.25) is 0 Å². The van der Waals surface area contributed by atoms with Gasteiger partial charge in [0.05, 0.1) is 5.02 Å². The molecule has 1 heterocycles. The molecule has 14 heavy (non-hydrogen) atoms. The SMILES string of the molecule is CCc1sc(CCCC(=O)O)cc1Cl. The third kappa shape index (κ3) is 3.31. The molecule has 1 rings (SSSR count). The highest BCUT2D eigenvalue weighted by molar-refractivity contribution is 7.12. The number of hydrogen-bond donors (Lipinski definition) is 1. The van der Waals surface area contributed by atoms with Gasteiger partial charge in [0.25, 0.3) is 0 Å². The van der Waals surface area contributed by atoms with Crippen molar-refractivity contribution in [3.05, 3.63) is 20.8 Å². The van der Waals surface area contributed by atoms with Gasteiger partial charge >= 0.3 is 5.97 Å². The van der Waals surface area contributed by atoms with Crippen LogP contribution in [0.1, 0.15) is 29.5 Å². The first kappa shape index (κ1) is 11.5. The van der Waals surface area contributed by atoms with Gasteiger partial charge in [0, 0.05) is 16.2 Å². The van der Waals surface area contributed by atoms with E-state index in [4.69, 9.17) is 16.7 Å². The molecule has 0 aromatic carbocycles. The Bertz CT molecular complexity index is 320. The Morgan fingerprint density at radius 3 is 2.86 bits per heavy atom. The molecular weight excluding hydrogens is 220 g/mol. The molecule has 78 valence electrons. The van der Waals surface area contributed by atoms with Gasteiger partial charge in [-0.3, -0.25) is 4.79 Å². The Morgan fingerprint density at radius 1 is 1.64 bits per heavy atom. The summed E-state index contributed by atoms with van der Waals surface area (Å²) >= 11 is 7.67. The van der Waals surface area contributed by atoms with Gasteiger partial charge < -0.3 is 5.11 Å². The van der Waals surface area contributed by atoms with Crippen LogP contribution in [0.4, 0.5) is 0 Å². The number of carboxylic acid groups (broad SMARTS) is 1. The summed E-state index contributed by atoms with van der Waals surface area (Å²) in [6.45, 7) is 2.07. The van der Waals surface area contributed by atoms with Crippen LogP contribution in [0.25, 0.3) is 0 Å². The number of aliphatic carboxylic acids is 1. The van der Waals surface area contributed by atoms with Crippen LogP contribution in [0, 0.1) is 0 Å². The third-order valence-corrected chi connectivity index (χ3v) is 3.73. The Morgan fingerprint density at radius 2 is 2.36 bits per heavy atom. The van der Waals surface area contributed by atoms with E-state index in [2.05, 4.69) is 6.92 Å². The van der Waals surface area contributed by atoms with Crippen molar-refractivity contribution in [3.8, 4) is 0 Å². The van der Waals surface area contributed by atoms with Crippen LogP contribution in [0.3, 0.4) is 0 Å². The van der Waals surface area contributed by atoms with Gasteiger partial charge in [-0.1, -0.05) is 18.5 Å². The van der Waals surface area contributed by atoms with Crippen LogP contribution in [-0.2, 0) is 17.6 Å². The van der Waals surface area contributed by atoms with Crippen LogP contribution in [0.15, 0.2) is 6.07 Å². The molecule has 0 unspecified atom stereocenters. The summed E-state index contributed by atoms with van der Waals surface area (Å²) < 4.78 is 0. The fourth-order valence-electron chi connectivity index (χ4n) is 1.24. The fraction of sp³-hybridized carbons (Fsp3) is 0.500. The predicted octanol–water partition coefficient (Wildman–Crippen LogP) is 3.37. The molecular formula is C10H13ClO2S. The zero-order chi connectivity index (χ0) is 10.6. The molecule has 0 bridgehead atoms. The minimum Gasteiger partial charge on any atom is -0.481 e. The van der Waals surface area contributed by atoms with Gasteiger partial charge in [-0.25, -0.2) is 0 Å². The summed E-state index contributed by atoms with van der Waals surface area (Å²) in [6, 6.07) is 1.95. The maximum Gasteiger partial charge on any atom is 0.303 e. The molecule has 4 heteroatoms. The highest BCUT2D eigenvalue weighted by Gasteiger charge is 2.06. The van der Waals surface area contributed by atoms with Gasteiger partial charge in [-0.15, -0.1) is 11.3 Å². The number of halogens is 1. The van der Waals surface area contributed by atoms with Crippen LogP contribution in [0.2, 0.25) is 5.02 Å². The van der Waals surface area contributed by atoms with E-state index >= 15 is 0 Å². The van der Waals surface area contributed by atoms with Crippen LogP contribution in [-0.4, -0.2) is 11.1 Å². The molecule has 0 saturated heterocycles. The van der Waals surface area contributed by atoms with Crippen LogP contribution >= 0.6 is 22.9 Å². The average molecular weight is 233 g/mol. The van der Waals surface area contributed by atoms with E-state index in [0.29, 0.717) is 6.42 Å². The van der Waals surface area contributed by atoms with Crippen molar-refractivity contribution in [2.24, 2.45) is 0 Å². The smallest absolute Gasteiger partial charge is 0.303 e. The highest BCUT2D eigenvalue weighted by atomic mass is 35.5. The average Bonchev–Trinajstić information content (AvgIpc) is 2.45. The van der Waals surface area contributed by atoms with E-state index in [-0.39, 0.29) is 6.42 Å². The van der Waals surface area contributed by atoms with Gasteiger partial charge in [0.1, 0.15) is 0 Å². The standard InChI is InChI=1S/C10H13ClO2S/c1-2-9-8(11)6-7(14-9)4-3-5-10(12)13/h6H,2-5H2,1H3,(H,12,13). The number of thiophene rings is 1. The summed E-state index contributed by atoms with van der Waals surface area (Å²) in [4.78, 5) is 12.7. The summed E-state index contributed by atoms with van der Waals surface area (Å²) in [7, 11) is 0. The van der Waals surface area contributed by atoms with Crippen molar-refractivity contribution in [1.82, 2.24) is 0 Å². The van der Waals surface area contributed by atoms with E-state index in [1.165, 1.54) is 9.75 Å². The Kier molecular flexibility index (Phi) is 4.42. The minimum atomic E-state index is -0.733. The molecule has 0 saturated carbocycles. The summed E-state index contributed by atoms with van der Waals surface area (Å²) in [5.74, 6) is -0.733. The first-order chi connectivity index (χ1) is 6.63. The second kappa shape index (κ2) is 5.37. The van der Waals surface area contributed by atoms with Crippen molar-refractivity contribution >= 4 is 28.9 Å². The van der Waals surface area contributed by atoms with E-state index in [9.17, 15) is 4.79 Å². The zero-order valence-electron chi connectivity index (χ0n) is 8.05. The van der Waals surface area contributed by atoms with Gasteiger partial charge in [-0.2, -0.15) is 0 Å². The first-order valence-corrected chi connectivity index (χ1v) is 5.81. The molecule has 0 amide bonds. The molecule has 0 fully saturated rings. The lowest BCUT2D eigenvalue weighted by atomic mass is 10.2. The van der Waals surface area contributed by atoms with Crippen LogP contribution < -0.4 is 0 Å². The summed E-state index contributed by atoms with van der Waals surface area (Å²) in [5, 5.41) is 9.30. The zero-order valence-corrected chi connectivity index (χ0v) is 9.62. The molecule has 0 aliphatic carbocycles. The molecule has 1 aromatic rings. The van der Waals surface area contributed by atoms with Crippen molar-refractivity contribution in [2.75, 3.05) is 0 Å². The van der Waals surface area contributed by atoms with Gasteiger partial charge in [-0.05, 0) is 25.3 Å². The molecule has 0 aliphatic rings. The largest absolute Gasteiger partial charge is 0.481 e. The molecule has 1 aromatic heterocycles. The molecule has 1 N–H and O–H groups in total. The van der Waals surface area contributed by atoms with Crippen molar-refractivity contribution < 1.29 is 9.90 Å². The first-order valence-electron chi connectivity index (χ1n) is 4.62. The van der Waals surface area contributed by atoms with E-state index in [1.54, 1.807) is 11.3 Å². The molecule has 2 nitrogen and oxygen atoms in total. The monoisotopic (exact) mass is 232 g/mol. The van der Waals surface area contributed by atoms with E-state index in [1.807, 2.05) is 6.07 Å². The normalized spacial score (nSPS) is 10.4. The quantitative estimate of drug-likeness (QED) is 0.845. The molecule has 0 radical (unpaired) electrons. The Labute approximate surface area is 92.5 Å². The van der Waals surface area contributed by atoms with E-state index in [0.717, 1.165) is 17.9 Å². The number of hydrogen-bond acceptors (Lipinski definition) is 2. The number of aryl methyl sites for hydroxylation is 2. The molecule has 0 aliphatic heterocycles. The second-order valence-corrected chi connectivity index (χ2v) is 4.71. The van der Waals surface area contributed by atoms with Gasteiger partial charge in [0.15, 0.2) is 0 Å². The Hall–Kier alpha value is -0.540. The lowest BCUT2D eigenvalue weighted by molar-refractivity contribution is -0.137. The predicted molar refractivity (Wildman–Crippen MR) is 59.3 cm³/mol. The van der Waals surface area contributed by atoms with E-state index < -0.39 is 5.97 Å². The Balaban J connectivity index is 2.47. The third-order valence-electron chi connectivity index (χ3n) is 1.94. The highest BCUT2D eigenvalue weighted by Crippen LogP contribution is 2.28. The molecule has 0 spiro atoms. The minimum absolute atomic E-state index is 0.233. The van der Waals surface area contributed by atoms with Crippen molar-refractivity contribution in [1.29, 1.82) is 0 Å². The lowest BCUT2D eigenvalue weighted by Gasteiger charge is -1.93. The number of carbonyl (C=O) groups is 1. The maximum atomic E-state index is 10.3. The topological polar surface area (TPSA) is 37.3 Å². The summed E-state index contributed by atoms with van der Waals surface area (Å²) in [5.41, 5.74) is 0. The summed E-state index contributed by atoms with van der Waals surface area (Å²) in [6.07, 6.45) is 2.69. The molecule has 0 atom stereocenters. The lowest BCUT2D eigenvalue weighted by Crippen LogP contribution is -1.94. The second-order valence-electron chi connectivity index (χ2n) is 3.08. The maximum absolute atomic E-state index is 10.3. The van der Waals surface area contributed by atoms with Crippen molar-refractivity contribution in [3.63, 3.8) is 0 Å². The fourth-order valence-corrected chi connectivity index (χ4v) is 2.72. The number of rotatable bonds is 5. The number of carboxylic acids is 1.